The Hall–Kier alpha value is 0.746. The Morgan fingerprint density at radius 3 is 2.07 bits per heavy atom. The van der Waals surface area contributed by atoms with Gasteiger partial charge in [0.2, 0.25) is 0 Å². The maximum atomic E-state index is 2.55. The van der Waals surface area contributed by atoms with Crippen LogP contribution < -0.4 is 0 Å². The van der Waals surface area contributed by atoms with Gasteiger partial charge in [0.05, 0.1) is 0 Å². The van der Waals surface area contributed by atoms with Gasteiger partial charge in [-0.3, -0.25) is 0 Å². The van der Waals surface area contributed by atoms with Crippen molar-refractivity contribution in [2.24, 2.45) is 0 Å². The third-order valence-corrected chi connectivity index (χ3v) is 13.0. The molecule has 0 nitrogen and oxygen atoms in total. The first-order valence-electron chi connectivity index (χ1n) is 5.76. The molecule has 1 rings (SSSR count). The van der Waals surface area contributed by atoms with Crippen LogP contribution in [0.4, 0.5) is 0 Å². The van der Waals surface area contributed by atoms with E-state index in [9.17, 15) is 0 Å². The molecule has 0 aromatic rings. The molecule has 0 unspecified atom stereocenters. The van der Waals surface area contributed by atoms with Crippen molar-refractivity contribution in [2.45, 2.75) is 58.7 Å². The molecule has 0 bridgehead atoms. The quantitative estimate of drug-likeness (QED) is 0.671. The predicted molar refractivity (Wildman–Crippen MR) is 71.1 cm³/mol. The second-order valence-electron chi connectivity index (χ2n) is 5.60. The van der Waals surface area contributed by atoms with E-state index in [1.807, 2.05) is 0 Å². The summed E-state index contributed by atoms with van der Waals surface area (Å²) < 4.78 is 3.75. The summed E-state index contributed by atoms with van der Waals surface area (Å²) in [4.78, 5) is 0. The van der Waals surface area contributed by atoms with Crippen LogP contribution in [0.2, 0.25) is 32.0 Å². The fourth-order valence-corrected chi connectivity index (χ4v) is 10.9. The molecular weight excluding hydrogens is 300 g/mol. The van der Waals surface area contributed by atoms with Crippen LogP contribution in [0.1, 0.15) is 26.7 Å². The van der Waals surface area contributed by atoms with Crippen molar-refractivity contribution < 1.29 is 0 Å². The van der Waals surface area contributed by atoms with Gasteiger partial charge in [0.25, 0.3) is 0 Å². The van der Waals surface area contributed by atoms with E-state index < -0.39 is 27.6 Å². The number of rotatable bonds is 3. The molecule has 1 aliphatic heterocycles. The Kier molecular flexibility index (Phi) is 4.75. The maximum absolute atomic E-state index is 2.55. The molecule has 0 aromatic heterocycles. The molecule has 0 spiro atoms. The van der Waals surface area contributed by atoms with Crippen molar-refractivity contribution in [1.82, 2.24) is 0 Å². The molecule has 1 aliphatic rings. The first-order chi connectivity index (χ1) is 6.40. The Morgan fingerprint density at radius 1 is 1.14 bits per heavy atom. The average Bonchev–Trinajstić information content (AvgIpc) is 2.33. The summed E-state index contributed by atoms with van der Waals surface area (Å²) in [7, 11) is -0.927. The van der Waals surface area contributed by atoms with E-state index in [1.165, 1.54) is 17.3 Å². The summed E-state index contributed by atoms with van der Waals surface area (Å²) in [5, 5.41) is 0. The van der Waals surface area contributed by atoms with Crippen LogP contribution >= 0.6 is 0 Å². The summed E-state index contributed by atoms with van der Waals surface area (Å²) in [5.74, 6) is 0. The Bertz CT molecular complexity index is 195. The van der Waals surface area contributed by atoms with Gasteiger partial charge in [0.15, 0.2) is 0 Å². The van der Waals surface area contributed by atoms with Crippen LogP contribution in [0.25, 0.3) is 0 Å². The molecule has 2 heteroatoms. The Labute approximate surface area is 97.8 Å². The van der Waals surface area contributed by atoms with Crippen LogP contribution in [0, 0.1) is 0 Å². The minimum atomic E-state index is -0.927. The molecule has 1 fully saturated rings. The summed E-state index contributed by atoms with van der Waals surface area (Å²) >= 11 is -0.733. The molecule has 14 heavy (non-hydrogen) atoms. The van der Waals surface area contributed by atoms with E-state index in [-0.39, 0.29) is 0 Å². The van der Waals surface area contributed by atoms with Gasteiger partial charge in [0, 0.05) is 0 Å². The zero-order valence-electron chi connectivity index (χ0n) is 10.3. The number of hydrogen-bond acceptors (Lipinski definition) is 0. The van der Waals surface area contributed by atoms with Crippen LogP contribution in [0.3, 0.4) is 0 Å². The van der Waals surface area contributed by atoms with Gasteiger partial charge in [-0.25, -0.2) is 0 Å². The van der Waals surface area contributed by atoms with E-state index in [0.717, 1.165) is 7.93 Å². The minimum absolute atomic E-state index is 0.733. The number of allylic oxidation sites excluding steroid dienone is 1. The van der Waals surface area contributed by atoms with Crippen molar-refractivity contribution in [3.8, 4) is 0 Å². The van der Waals surface area contributed by atoms with Crippen LogP contribution in [0.5, 0.6) is 0 Å². The van der Waals surface area contributed by atoms with Gasteiger partial charge in [-0.2, -0.15) is 0 Å². The molecule has 0 aliphatic carbocycles. The topological polar surface area (TPSA) is 0 Å². The zero-order valence-corrected chi connectivity index (χ0v) is 13.7. The van der Waals surface area contributed by atoms with Crippen molar-refractivity contribution >= 4 is 27.6 Å². The average molecular weight is 325 g/mol. The van der Waals surface area contributed by atoms with E-state index in [2.05, 4.69) is 45.3 Å². The third kappa shape index (κ3) is 4.09. The van der Waals surface area contributed by atoms with Crippen LogP contribution in [-0.4, -0.2) is 27.6 Å². The second kappa shape index (κ2) is 5.19. The standard InChI is InChI=1S/C12H25SiTe/c1-11-7-8-12(2)14(11)10-6-9-13(3,4)5/h6,9,11-12H,7-8,10H2,1-5H3/q+1/b9-6+/t11-,12-/m1/s1. The van der Waals surface area contributed by atoms with Gasteiger partial charge in [0.1, 0.15) is 0 Å². The van der Waals surface area contributed by atoms with Crippen molar-refractivity contribution in [3.05, 3.63) is 11.8 Å². The third-order valence-electron chi connectivity index (χ3n) is 2.92. The molecule has 0 radical (unpaired) electrons. The first kappa shape index (κ1) is 12.8. The molecule has 0 amide bonds. The van der Waals surface area contributed by atoms with Gasteiger partial charge < -0.3 is 0 Å². The van der Waals surface area contributed by atoms with Crippen molar-refractivity contribution in [1.29, 1.82) is 0 Å². The molecule has 2 atom stereocenters. The SMILES string of the molecule is C[C@@H]1CC[C@@H](C)[Te+]1C/C=C/[Si](C)(C)C. The van der Waals surface area contributed by atoms with Crippen LogP contribution in [0.15, 0.2) is 11.8 Å². The fourth-order valence-electron chi connectivity index (χ4n) is 2.01. The number of hydrogen-bond donors (Lipinski definition) is 0. The normalized spacial score (nSPS) is 30.4. The fraction of sp³-hybridized carbons (Fsp3) is 0.833. The molecule has 0 N–H and O–H groups in total. The van der Waals surface area contributed by atoms with Gasteiger partial charge in [-0.1, -0.05) is 0 Å². The zero-order chi connectivity index (χ0) is 10.8. The molecule has 0 aromatic carbocycles. The van der Waals surface area contributed by atoms with E-state index in [4.69, 9.17) is 0 Å². The van der Waals surface area contributed by atoms with Crippen LogP contribution in [-0.2, 0) is 0 Å². The van der Waals surface area contributed by atoms with E-state index in [1.54, 1.807) is 0 Å². The van der Waals surface area contributed by atoms with Gasteiger partial charge in [-0.15, -0.1) is 0 Å². The van der Waals surface area contributed by atoms with Crippen molar-refractivity contribution in [3.63, 3.8) is 0 Å². The summed E-state index contributed by atoms with van der Waals surface area (Å²) in [6.45, 7) is 12.3. The summed E-state index contributed by atoms with van der Waals surface area (Å²) in [6, 6.07) is 0. The Morgan fingerprint density at radius 2 is 1.64 bits per heavy atom. The summed E-state index contributed by atoms with van der Waals surface area (Å²) in [6.07, 6.45) is 5.60. The predicted octanol–water partition coefficient (Wildman–Crippen LogP) is 4.49. The molecule has 1 saturated heterocycles. The van der Waals surface area contributed by atoms with Crippen molar-refractivity contribution in [2.75, 3.05) is 0 Å². The van der Waals surface area contributed by atoms with Gasteiger partial charge >= 0.3 is 98.1 Å². The van der Waals surface area contributed by atoms with Gasteiger partial charge in [-0.05, 0) is 0 Å². The van der Waals surface area contributed by atoms with E-state index in [0.29, 0.717) is 0 Å². The molecule has 0 saturated carbocycles. The molecule has 82 valence electrons. The molecular formula is C12H25SiTe+. The molecule has 1 heterocycles. The van der Waals surface area contributed by atoms with E-state index >= 15 is 0 Å². The second-order valence-corrected chi connectivity index (χ2v) is 18.9. The monoisotopic (exact) mass is 327 g/mol. The first-order valence-corrected chi connectivity index (χ1v) is 13.7. The summed E-state index contributed by atoms with van der Waals surface area (Å²) in [5.41, 5.74) is 2.55. The Balaban J connectivity index is 2.41.